The van der Waals surface area contributed by atoms with E-state index in [0.29, 0.717) is 14.9 Å². The molecule has 2 rings (SSSR count). The highest BCUT2D eigenvalue weighted by molar-refractivity contribution is 9.11. The standard InChI is InChI=1S/C14H16Br2N2O3/c1-2-3-7-4-11(7)17-14(21)18-12-9(13(19)20)5-8(15)6-10(12)16/h5-7,11H,2-4H2,1H3,(H,19,20)(H2,17,18,21). The summed E-state index contributed by atoms with van der Waals surface area (Å²) in [4.78, 5) is 23.2. The molecule has 0 heterocycles. The molecule has 21 heavy (non-hydrogen) atoms. The van der Waals surface area contributed by atoms with E-state index in [4.69, 9.17) is 0 Å². The van der Waals surface area contributed by atoms with E-state index < -0.39 is 5.97 Å². The number of carbonyl (C=O) groups excluding carboxylic acids is 1. The Kier molecular flexibility index (Phi) is 5.27. The van der Waals surface area contributed by atoms with Crippen LogP contribution in [0.4, 0.5) is 10.5 Å². The monoisotopic (exact) mass is 418 g/mol. The van der Waals surface area contributed by atoms with Crippen LogP contribution in [-0.4, -0.2) is 23.1 Å². The molecule has 5 nitrogen and oxygen atoms in total. The molecule has 0 spiro atoms. The van der Waals surface area contributed by atoms with Gasteiger partial charge in [0, 0.05) is 15.0 Å². The van der Waals surface area contributed by atoms with Crippen molar-refractivity contribution in [1.82, 2.24) is 5.32 Å². The largest absolute Gasteiger partial charge is 0.478 e. The minimum Gasteiger partial charge on any atom is -0.478 e. The topological polar surface area (TPSA) is 78.4 Å². The van der Waals surface area contributed by atoms with Gasteiger partial charge in [-0.3, -0.25) is 0 Å². The summed E-state index contributed by atoms with van der Waals surface area (Å²) in [5, 5.41) is 14.7. The summed E-state index contributed by atoms with van der Waals surface area (Å²) in [7, 11) is 0. The lowest BCUT2D eigenvalue weighted by molar-refractivity contribution is 0.0698. The van der Waals surface area contributed by atoms with Crippen LogP contribution in [0.5, 0.6) is 0 Å². The maximum absolute atomic E-state index is 12.0. The maximum atomic E-state index is 12.0. The van der Waals surface area contributed by atoms with Gasteiger partial charge in [-0.05, 0) is 46.8 Å². The first-order valence-corrected chi connectivity index (χ1v) is 8.30. The first-order chi connectivity index (χ1) is 9.92. The molecule has 2 amide bonds. The molecule has 0 bridgehead atoms. The van der Waals surface area contributed by atoms with E-state index in [1.807, 2.05) is 0 Å². The minimum absolute atomic E-state index is 0.0345. The Hall–Kier alpha value is -1.08. The molecule has 1 aromatic carbocycles. The molecule has 0 radical (unpaired) electrons. The smallest absolute Gasteiger partial charge is 0.337 e. The summed E-state index contributed by atoms with van der Waals surface area (Å²) in [6, 6.07) is 2.98. The zero-order valence-corrected chi connectivity index (χ0v) is 14.6. The minimum atomic E-state index is -1.09. The van der Waals surface area contributed by atoms with Gasteiger partial charge in [0.2, 0.25) is 0 Å². The number of hydrogen-bond donors (Lipinski definition) is 3. The highest BCUT2D eigenvalue weighted by atomic mass is 79.9. The van der Waals surface area contributed by atoms with E-state index in [-0.39, 0.29) is 23.3 Å². The van der Waals surface area contributed by atoms with Crippen molar-refractivity contribution in [3.05, 3.63) is 26.6 Å². The van der Waals surface area contributed by atoms with Crippen molar-refractivity contribution >= 4 is 49.5 Å². The van der Waals surface area contributed by atoms with Gasteiger partial charge in [-0.15, -0.1) is 0 Å². The van der Waals surface area contributed by atoms with Gasteiger partial charge in [0.15, 0.2) is 0 Å². The molecule has 1 fully saturated rings. The van der Waals surface area contributed by atoms with Crippen LogP contribution >= 0.6 is 31.9 Å². The van der Waals surface area contributed by atoms with Gasteiger partial charge < -0.3 is 15.7 Å². The van der Waals surface area contributed by atoms with Crippen molar-refractivity contribution in [3.8, 4) is 0 Å². The zero-order valence-electron chi connectivity index (χ0n) is 11.5. The van der Waals surface area contributed by atoms with E-state index in [1.54, 1.807) is 6.07 Å². The average molecular weight is 420 g/mol. The number of carboxylic acid groups (broad SMARTS) is 1. The van der Waals surface area contributed by atoms with Gasteiger partial charge >= 0.3 is 12.0 Å². The fourth-order valence-corrected chi connectivity index (χ4v) is 3.63. The Morgan fingerprint density at radius 2 is 2.10 bits per heavy atom. The Balaban J connectivity index is 2.06. The SMILES string of the molecule is CCCC1CC1NC(=O)Nc1c(Br)cc(Br)cc1C(=O)O. The third-order valence-electron chi connectivity index (χ3n) is 3.42. The van der Waals surface area contributed by atoms with Gasteiger partial charge in [-0.2, -0.15) is 0 Å². The zero-order chi connectivity index (χ0) is 15.6. The van der Waals surface area contributed by atoms with Crippen LogP contribution in [0.15, 0.2) is 21.1 Å². The second-order valence-corrected chi connectivity index (χ2v) is 6.87. The number of aromatic carboxylic acids is 1. The molecule has 114 valence electrons. The lowest BCUT2D eigenvalue weighted by atomic mass is 10.2. The lowest BCUT2D eigenvalue weighted by Gasteiger charge is -2.12. The van der Waals surface area contributed by atoms with Crippen molar-refractivity contribution in [3.63, 3.8) is 0 Å². The van der Waals surface area contributed by atoms with Crippen LogP contribution in [0.1, 0.15) is 36.5 Å². The number of benzene rings is 1. The van der Waals surface area contributed by atoms with Crippen molar-refractivity contribution in [2.45, 2.75) is 32.2 Å². The predicted molar refractivity (Wildman–Crippen MR) is 87.8 cm³/mol. The summed E-state index contributed by atoms with van der Waals surface area (Å²) in [6.45, 7) is 2.12. The second-order valence-electron chi connectivity index (χ2n) is 5.10. The van der Waals surface area contributed by atoms with E-state index >= 15 is 0 Å². The molecule has 0 aliphatic heterocycles. The number of carboxylic acids is 1. The summed E-state index contributed by atoms with van der Waals surface area (Å²) < 4.78 is 1.15. The number of urea groups is 1. The molecule has 1 aliphatic rings. The van der Waals surface area contributed by atoms with Crippen LogP contribution in [0, 0.1) is 5.92 Å². The summed E-state index contributed by atoms with van der Waals surface area (Å²) in [6.07, 6.45) is 3.20. The predicted octanol–water partition coefficient (Wildman–Crippen LogP) is 4.22. The average Bonchev–Trinajstić information content (AvgIpc) is 3.10. The highest BCUT2D eigenvalue weighted by Crippen LogP contribution is 2.35. The van der Waals surface area contributed by atoms with E-state index in [9.17, 15) is 14.7 Å². The van der Waals surface area contributed by atoms with E-state index in [2.05, 4.69) is 49.4 Å². The molecule has 1 aromatic rings. The molecule has 0 saturated heterocycles. The number of anilines is 1. The van der Waals surface area contributed by atoms with Crippen LogP contribution < -0.4 is 10.6 Å². The molecular weight excluding hydrogens is 404 g/mol. The van der Waals surface area contributed by atoms with Gasteiger partial charge in [0.05, 0.1) is 11.3 Å². The molecule has 3 N–H and O–H groups in total. The van der Waals surface area contributed by atoms with Crippen molar-refractivity contribution < 1.29 is 14.7 Å². The second kappa shape index (κ2) is 6.79. The molecular formula is C14H16Br2N2O3. The van der Waals surface area contributed by atoms with E-state index in [0.717, 1.165) is 19.3 Å². The quantitative estimate of drug-likeness (QED) is 0.668. The van der Waals surface area contributed by atoms with Crippen LogP contribution in [0.3, 0.4) is 0 Å². The molecule has 7 heteroatoms. The lowest BCUT2D eigenvalue weighted by Crippen LogP contribution is -2.32. The summed E-state index contributed by atoms with van der Waals surface area (Å²) >= 11 is 6.51. The van der Waals surface area contributed by atoms with Crippen LogP contribution in [-0.2, 0) is 0 Å². The fraction of sp³-hybridized carbons (Fsp3) is 0.429. The van der Waals surface area contributed by atoms with Gasteiger partial charge in [0.1, 0.15) is 0 Å². The Morgan fingerprint density at radius 3 is 2.71 bits per heavy atom. The molecule has 1 aliphatic carbocycles. The van der Waals surface area contributed by atoms with Crippen LogP contribution in [0.25, 0.3) is 0 Å². The van der Waals surface area contributed by atoms with Gasteiger partial charge in [0.25, 0.3) is 0 Å². The molecule has 1 saturated carbocycles. The van der Waals surface area contributed by atoms with Crippen molar-refractivity contribution in [2.75, 3.05) is 5.32 Å². The number of nitrogens with one attached hydrogen (secondary N) is 2. The Morgan fingerprint density at radius 1 is 1.38 bits per heavy atom. The van der Waals surface area contributed by atoms with Crippen LogP contribution in [0.2, 0.25) is 0 Å². The van der Waals surface area contributed by atoms with Gasteiger partial charge in [-0.1, -0.05) is 29.3 Å². The number of amides is 2. The third kappa shape index (κ3) is 4.20. The van der Waals surface area contributed by atoms with Crippen molar-refractivity contribution in [1.29, 1.82) is 0 Å². The summed E-state index contributed by atoms with van der Waals surface area (Å²) in [5.74, 6) is -0.546. The maximum Gasteiger partial charge on any atom is 0.337 e. The first-order valence-electron chi connectivity index (χ1n) is 6.72. The van der Waals surface area contributed by atoms with Gasteiger partial charge in [-0.25, -0.2) is 9.59 Å². The number of hydrogen-bond acceptors (Lipinski definition) is 2. The third-order valence-corrected chi connectivity index (χ3v) is 4.51. The molecule has 0 aromatic heterocycles. The normalized spacial score (nSPS) is 20.0. The van der Waals surface area contributed by atoms with Crippen molar-refractivity contribution in [2.24, 2.45) is 5.92 Å². The Bertz CT molecular complexity index is 578. The number of halogens is 2. The fourth-order valence-electron chi connectivity index (χ4n) is 2.30. The van der Waals surface area contributed by atoms with E-state index in [1.165, 1.54) is 6.07 Å². The Labute approximate surface area is 139 Å². The molecule has 2 atom stereocenters. The number of carbonyl (C=O) groups is 2. The first kappa shape index (κ1) is 16.3. The number of rotatable bonds is 5. The summed E-state index contributed by atoms with van der Waals surface area (Å²) in [5.41, 5.74) is 0.295. The highest BCUT2D eigenvalue weighted by Gasteiger charge is 2.37. The molecule has 2 unspecified atom stereocenters.